The first kappa shape index (κ1) is 31.5. The molecule has 39 heavy (non-hydrogen) atoms. The highest BCUT2D eigenvalue weighted by Gasteiger charge is 2.17. The van der Waals surface area contributed by atoms with Crippen molar-refractivity contribution in [3.05, 3.63) is 77.9 Å². The van der Waals surface area contributed by atoms with Crippen LogP contribution in [0.15, 0.2) is 66.7 Å². The second-order valence-corrected chi connectivity index (χ2v) is 8.35. The van der Waals surface area contributed by atoms with Gasteiger partial charge in [0.15, 0.2) is 0 Å². The number of carbonyl (C=O) groups is 2. The molecule has 3 aromatic rings. The SMILES string of the molecule is CCOc1ccccc1C(=O)Nc1ccc(OCCN(CC)CC)c(NC(=O)c2ccccc2OCC)c1.Cl. The van der Waals surface area contributed by atoms with Crippen molar-refractivity contribution in [2.45, 2.75) is 27.7 Å². The average molecular weight is 556 g/mol. The van der Waals surface area contributed by atoms with Gasteiger partial charge in [-0.05, 0) is 69.4 Å². The number of ether oxygens (including phenoxy) is 3. The summed E-state index contributed by atoms with van der Waals surface area (Å²) in [7, 11) is 0. The molecular formula is C30H38ClN3O5. The number of nitrogens with zero attached hydrogens (tertiary/aromatic N) is 1. The predicted octanol–water partition coefficient (Wildman–Crippen LogP) is 6.13. The molecule has 0 radical (unpaired) electrons. The number of hydrogen-bond donors (Lipinski definition) is 2. The second kappa shape index (κ2) is 16.3. The van der Waals surface area contributed by atoms with Gasteiger partial charge in [-0.1, -0.05) is 38.1 Å². The van der Waals surface area contributed by atoms with E-state index in [0.29, 0.717) is 59.6 Å². The first-order valence-corrected chi connectivity index (χ1v) is 13.1. The molecule has 0 fully saturated rings. The van der Waals surface area contributed by atoms with Gasteiger partial charge >= 0.3 is 0 Å². The maximum absolute atomic E-state index is 13.2. The van der Waals surface area contributed by atoms with Gasteiger partial charge in [0.1, 0.15) is 23.9 Å². The largest absolute Gasteiger partial charge is 0.493 e. The smallest absolute Gasteiger partial charge is 0.259 e. The Morgan fingerprint density at radius 2 is 1.23 bits per heavy atom. The highest BCUT2D eigenvalue weighted by Crippen LogP contribution is 2.30. The van der Waals surface area contributed by atoms with E-state index in [0.717, 1.165) is 19.6 Å². The lowest BCUT2D eigenvalue weighted by molar-refractivity contribution is 0.101. The van der Waals surface area contributed by atoms with E-state index in [2.05, 4.69) is 29.4 Å². The number of benzene rings is 3. The summed E-state index contributed by atoms with van der Waals surface area (Å²) in [5.41, 5.74) is 1.77. The highest BCUT2D eigenvalue weighted by atomic mass is 35.5. The van der Waals surface area contributed by atoms with Gasteiger partial charge in [-0.15, -0.1) is 12.4 Å². The zero-order valence-corrected chi connectivity index (χ0v) is 23.8. The summed E-state index contributed by atoms with van der Waals surface area (Å²) < 4.78 is 17.3. The Morgan fingerprint density at radius 3 is 1.77 bits per heavy atom. The Morgan fingerprint density at radius 1 is 0.692 bits per heavy atom. The molecule has 0 atom stereocenters. The number of para-hydroxylation sites is 2. The summed E-state index contributed by atoms with van der Waals surface area (Å²) in [4.78, 5) is 28.5. The standard InChI is InChI=1S/C30H37N3O5.ClH/c1-5-33(6-2)19-20-38-28-18-17-22(31-29(34)23-13-9-11-15-26(23)36-7-3)21-25(28)32-30(35)24-14-10-12-16-27(24)37-8-4;/h9-18,21H,5-8,19-20H2,1-4H3,(H,31,34)(H,32,35);1H. The lowest BCUT2D eigenvalue weighted by Gasteiger charge is -2.20. The van der Waals surface area contributed by atoms with Crippen LogP contribution >= 0.6 is 12.4 Å². The van der Waals surface area contributed by atoms with Crippen LogP contribution in [0.4, 0.5) is 11.4 Å². The van der Waals surface area contributed by atoms with Crippen molar-refractivity contribution in [1.82, 2.24) is 4.90 Å². The Balaban J connectivity index is 0.00000533. The van der Waals surface area contributed by atoms with Gasteiger partial charge in [0, 0.05) is 12.2 Å². The molecule has 8 nitrogen and oxygen atoms in total. The van der Waals surface area contributed by atoms with E-state index in [1.54, 1.807) is 54.6 Å². The number of rotatable bonds is 14. The van der Waals surface area contributed by atoms with Crippen LogP contribution in [0.5, 0.6) is 17.2 Å². The van der Waals surface area contributed by atoms with Crippen LogP contribution in [0, 0.1) is 0 Å². The Labute approximate surface area is 237 Å². The van der Waals surface area contributed by atoms with Crippen molar-refractivity contribution < 1.29 is 23.8 Å². The fourth-order valence-corrected chi connectivity index (χ4v) is 3.92. The van der Waals surface area contributed by atoms with Crippen molar-refractivity contribution in [2.75, 3.05) is 50.1 Å². The molecule has 0 unspecified atom stereocenters. The fourth-order valence-electron chi connectivity index (χ4n) is 3.92. The molecule has 3 aromatic carbocycles. The van der Waals surface area contributed by atoms with Crippen LogP contribution in [-0.4, -0.2) is 56.2 Å². The minimum Gasteiger partial charge on any atom is -0.493 e. The highest BCUT2D eigenvalue weighted by molar-refractivity contribution is 6.08. The maximum atomic E-state index is 13.2. The Hall–Kier alpha value is -3.75. The minimum atomic E-state index is -0.340. The monoisotopic (exact) mass is 555 g/mol. The number of nitrogens with one attached hydrogen (secondary N) is 2. The van der Waals surface area contributed by atoms with E-state index in [9.17, 15) is 9.59 Å². The lowest BCUT2D eigenvalue weighted by atomic mass is 10.1. The van der Waals surface area contributed by atoms with Crippen molar-refractivity contribution in [2.24, 2.45) is 0 Å². The second-order valence-electron chi connectivity index (χ2n) is 8.35. The molecule has 0 aromatic heterocycles. The molecule has 0 bridgehead atoms. The van der Waals surface area contributed by atoms with Crippen molar-refractivity contribution in [3.8, 4) is 17.2 Å². The molecule has 0 aliphatic carbocycles. The van der Waals surface area contributed by atoms with Gasteiger partial charge in [-0.2, -0.15) is 0 Å². The molecule has 0 saturated heterocycles. The van der Waals surface area contributed by atoms with E-state index in [-0.39, 0.29) is 24.2 Å². The Bertz CT molecular complexity index is 1220. The number of likely N-dealkylation sites (N-methyl/N-ethyl adjacent to an activating group) is 1. The van der Waals surface area contributed by atoms with Crippen LogP contribution in [0.1, 0.15) is 48.4 Å². The first-order valence-electron chi connectivity index (χ1n) is 13.1. The third-order valence-electron chi connectivity index (χ3n) is 5.91. The van der Waals surface area contributed by atoms with E-state index < -0.39 is 0 Å². The number of anilines is 2. The summed E-state index contributed by atoms with van der Waals surface area (Å²) in [6.45, 7) is 11.9. The predicted molar refractivity (Wildman–Crippen MR) is 158 cm³/mol. The van der Waals surface area contributed by atoms with Gasteiger partial charge in [0.05, 0.1) is 30.0 Å². The number of amides is 2. The quantitative estimate of drug-likeness (QED) is 0.249. The molecule has 2 amide bonds. The maximum Gasteiger partial charge on any atom is 0.259 e. The van der Waals surface area contributed by atoms with Gasteiger partial charge < -0.3 is 29.7 Å². The number of hydrogen-bond acceptors (Lipinski definition) is 6. The summed E-state index contributed by atoms with van der Waals surface area (Å²) in [5.74, 6) is 0.849. The molecule has 210 valence electrons. The number of halogens is 1. The molecule has 0 heterocycles. The summed E-state index contributed by atoms with van der Waals surface area (Å²) in [6, 6.07) is 19.3. The van der Waals surface area contributed by atoms with Gasteiger partial charge in [0.2, 0.25) is 0 Å². The normalized spacial score (nSPS) is 10.4. The molecule has 9 heteroatoms. The average Bonchev–Trinajstić information content (AvgIpc) is 2.93. The van der Waals surface area contributed by atoms with Gasteiger partial charge in [0.25, 0.3) is 11.8 Å². The topological polar surface area (TPSA) is 89.1 Å². The zero-order chi connectivity index (χ0) is 27.3. The van der Waals surface area contributed by atoms with Crippen molar-refractivity contribution in [3.63, 3.8) is 0 Å². The van der Waals surface area contributed by atoms with Gasteiger partial charge in [-0.25, -0.2) is 0 Å². The third kappa shape index (κ3) is 8.90. The van der Waals surface area contributed by atoms with E-state index in [1.807, 2.05) is 26.0 Å². The molecule has 0 saturated carbocycles. The summed E-state index contributed by atoms with van der Waals surface area (Å²) >= 11 is 0. The molecular weight excluding hydrogens is 518 g/mol. The zero-order valence-electron chi connectivity index (χ0n) is 23.0. The van der Waals surface area contributed by atoms with Crippen LogP contribution in [-0.2, 0) is 0 Å². The molecule has 3 rings (SSSR count). The fraction of sp³-hybridized carbons (Fsp3) is 0.333. The van der Waals surface area contributed by atoms with E-state index in [1.165, 1.54) is 0 Å². The lowest BCUT2D eigenvalue weighted by Crippen LogP contribution is -2.28. The van der Waals surface area contributed by atoms with Crippen molar-refractivity contribution >= 4 is 35.6 Å². The van der Waals surface area contributed by atoms with Crippen LogP contribution in [0.2, 0.25) is 0 Å². The van der Waals surface area contributed by atoms with Crippen LogP contribution in [0.3, 0.4) is 0 Å². The minimum absolute atomic E-state index is 0. The molecule has 2 N–H and O–H groups in total. The third-order valence-corrected chi connectivity index (χ3v) is 5.91. The van der Waals surface area contributed by atoms with E-state index in [4.69, 9.17) is 14.2 Å². The summed E-state index contributed by atoms with van der Waals surface area (Å²) in [5, 5.41) is 5.85. The molecule has 0 aliphatic rings. The molecule has 0 spiro atoms. The molecule has 0 aliphatic heterocycles. The first-order chi connectivity index (χ1) is 18.5. The Kier molecular flexibility index (Phi) is 13.1. The number of carbonyl (C=O) groups excluding carboxylic acids is 2. The van der Waals surface area contributed by atoms with E-state index >= 15 is 0 Å². The van der Waals surface area contributed by atoms with Crippen LogP contribution in [0.25, 0.3) is 0 Å². The summed E-state index contributed by atoms with van der Waals surface area (Å²) in [6.07, 6.45) is 0. The van der Waals surface area contributed by atoms with Crippen LogP contribution < -0.4 is 24.8 Å². The van der Waals surface area contributed by atoms with Crippen molar-refractivity contribution in [1.29, 1.82) is 0 Å². The van der Waals surface area contributed by atoms with Gasteiger partial charge in [-0.3, -0.25) is 9.59 Å².